The van der Waals surface area contributed by atoms with Gasteiger partial charge in [0.1, 0.15) is 0 Å². The highest BCUT2D eigenvalue weighted by atomic mass is 32.2. The summed E-state index contributed by atoms with van der Waals surface area (Å²) >= 11 is 1.95. The summed E-state index contributed by atoms with van der Waals surface area (Å²) in [6, 6.07) is 5.79. The van der Waals surface area contributed by atoms with Crippen LogP contribution in [-0.2, 0) is 0 Å². The van der Waals surface area contributed by atoms with E-state index in [0.717, 1.165) is 29.8 Å². The van der Waals surface area contributed by atoms with Crippen LogP contribution in [0.15, 0.2) is 18.2 Å². The third-order valence-corrected chi connectivity index (χ3v) is 3.78. The third kappa shape index (κ3) is 4.26. The summed E-state index contributed by atoms with van der Waals surface area (Å²) in [7, 11) is 1.66. The van der Waals surface area contributed by atoms with Crippen LogP contribution in [0.1, 0.15) is 29.3 Å². The summed E-state index contributed by atoms with van der Waals surface area (Å²) in [5, 5.41) is 6.06. The molecule has 0 radical (unpaired) electrons. The lowest BCUT2D eigenvalue weighted by Crippen LogP contribution is -2.19. The maximum absolute atomic E-state index is 11.7. The Kier molecular flexibility index (Phi) is 6.65. The first-order valence-corrected chi connectivity index (χ1v) is 7.49. The standard InChI is InChI=1S/C14H22N2OS/c1-4-18-10-6-9-16-13-8-5-7-12(11(13)2)14(17)15-3/h5,7-8,16H,4,6,9-10H2,1-3H3,(H,15,17). The van der Waals surface area contributed by atoms with Gasteiger partial charge in [0.05, 0.1) is 0 Å². The van der Waals surface area contributed by atoms with Crippen molar-refractivity contribution in [2.24, 2.45) is 0 Å². The SMILES string of the molecule is CCSCCCNc1cccc(C(=O)NC)c1C. The van der Waals surface area contributed by atoms with E-state index >= 15 is 0 Å². The molecule has 0 spiro atoms. The number of amides is 1. The first kappa shape index (κ1) is 14.9. The summed E-state index contributed by atoms with van der Waals surface area (Å²) in [5.41, 5.74) is 2.81. The topological polar surface area (TPSA) is 41.1 Å². The van der Waals surface area contributed by atoms with E-state index in [9.17, 15) is 4.79 Å². The lowest BCUT2D eigenvalue weighted by molar-refractivity contribution is 0.0962. The largest absolute Gasteiger partial charge is 0.385 e. The first-order chi connectivity index (χ1) is 8.70. The van der Waals surface area contributed by atoms with Crippen LogP contribution in [0.5, 0.6) is 0 Å². The molecule has 3 nitrogen and oxygen atoms in total. The smallest absolute Gasteiger partial charge is 0.251 e. The van der Waals surface area contributed by atoms with Crippen molar-refractivity contribution in [2.45, 2.75) is 20.3 Å². The number of hydrogen-bond acceptors (Lipinski definition) is 3. The summed E-state index contributed by atoms with van der Waals surface area (Å²) in [6.07, 6.45) is 1.14. The van der Waals surface area contributed by atoms with Crippen LogP contribution in [0.25, 0.3) is 0 Å². The number of anilines is 1. The molecule has 0 saturated carbocycles. The summed E-state index contributed by atoms with van der Waals surface area (Å²) < 4.78 is 0. The van der Waals surface area contributed by atoms with Gasteiger partial charge < -0.3 is 10.6 Å². The zero-order valence-corrected chi connectivity index (χ0v) is 12.2. The second-order valence-electron chi connectivity index (χ2n) is 4.03. The van der Waals surface area contributed by atoms with Gasteiger partial charge in [0.15, 0.2) is 0 Å². The highest BCUT2D eigenvalue weighted by Crippen LogP contribution is 2.19. The van der Waals surface area contributed by atoms with Gasteiger partial charge in [0.2, 0.25) is 0 Å². The minimum Gasteiger partial charge on any atom is -0.385 e. The molecule has 0 fully saturated rings. The van der Waals surface area contributed by atoms with Gasteiger partial charge in [-0.15, -0.1) is 0 Å². The molecule has 0 bridgehead atoms. The van der Waals surface area contributed by atoms with Crippen molar-refractivity contribution in [3.05, 3.63) is 29.3 Å². The third-order valence-electron chi connectivity index (χ3n) is 2.79. The Bertz CT molecular complexity index is 393. The molecule has 2 N–H and O–H groups in total. The Morgan fingerprint density at radius 3 is 2.83 bits per heavy atom. The molecule has 18 heavy (non-hydrogen) atoms. The molecule has 1 rings (SSSR count). The maximum Gasteiger partial charge on any atom is 0.251 e. The fourth-order valence-corrected chi connectivity index (χ4v) is 2.39. The second kappa shape index (κ2) is 8.03. The molecule has 100 valence electrons. The van der Waals surface area contributed by atoms with Crippen molar-refractivity contribution in [2.75, 3.05) is 30.4 Å². The molecule has 0 unspecified atom stereocenters. The Hall–Kier alpha value is -1.16. The maximum atomic E-state index is 11.7. The molecule has 1 aromatic rings. The van der Waals surface area contributed by atoms with Gasteiger partial charge in [-0.25, -0.2) is 0 Å². The van der Waals surface area contributed by atoms with Crippen LogP contribution in [-0.4, -0.2) is 31.0 Å². The lowest BCUT2D eigenvalue weighted by atomic mass is 10.1. The zero-order valence-electron chi connectivity index (χ0n) is 11.4. The predicted molar refractivity (Wildman–Crippen MR) is 80.7 cm³/mol. The van der Waals surface area contributed by atoms with Crippen molar-refractivity contribution >= 4 is 23.4 Å². The van der Waals surface area contributed by atoms with E-state index in [0.29, 0.717) is 0 Å². The fourth-order valence-electron chi connectivity index (χ4n) is 1.75. The molecule has 0 aliphatic rings. The lowest BCUT2D eigenvalue weighted by Gasteiger charge is -2.12. The minimum atomic E-state index is -0.0299. The molecular weight excluding hydrogens is 244 g/mol. The van der Waals surface area contributed by atoms with E-state index in [2.05, 4.69) is 17.6 Å². The summed E-state index contributed by atoms with van der Waals surface area (Å²) in [4.78, 5) is 11.7. The Labute approximate surface area is 114 Å². The van der Waals surface area contributed by atoms with Crippen molar-refractivity contribution in [3.63, 3.8) is 0 Å². The molecule has 0 aliphatic heterocycles. The molecule has 4 heteroatoms. The molecule has 1 aromatic carbocycles. The number of carbonyl (C=O) groups is 1. The molecular formula is C14H22N2OS. The van der Waals surface area contributed by atoms with Gasteiger partial charge in [-0.1, -0.05) is 13.0 Å². The van der Waals surface area contributed by atoms with Crippen molar-refractivity contribution in [3.8, 4) is 0 Å². The van der Waals surface area contributed by atoms with E-state index in [1.807, 2.05) is 36.9 Å². The average Bonchev–Trinajstić information content (AvgIpc) is 2.39. The molecule has 0 saturated heterocycles. The summed E-state index contributed by atoms with van der Waals surface area (Å²) in [5.74, 6) is 2.32. The molecule has 0 heterocycles. The average molecular weight is 266 g/mol. The predicted octanol–water partition coefficient (Wildman–Crippen LogP) is 2.91. The van der Waals surface area contributed by atoms with Crippen molar-refractivity contribution < 1.29 is 4.79 Å². The highest BCUT2D eigenvalue weighted by Gasteiger charge is 2.09. The van der Waals surface area contributed by atoms with Crippen LogP contribution in [0, 0.1) is 6.92 Å². The van der Waals surface area contributed by atoms with Crippen LogP contribution in [0.2, 0.25) is 0 Å². The van der Waals surface area contributed by atoms with Crippen LogP contribution < -0.4 is 10.6 Å². The Morgan fingerprint density at radius 2 is 2.17 bits per heavy atom. The molecule has 1 amide bonds. The van der Waals surface area contributed by atoms with Crippen molar-refractivity contribution in [1.82, 2.24) is 5.32 Å². The number of carbonyl (C=O) groups excluding carboxylic acids is 1. The van der Waals surface area contributed by atoms with Gasteiger partial charge in [-0.2, -0.15) is 11.8 Å². The monoisotopic (exact) mass is 266 g/mol. The minimum absolute atomic E-state index is 0.0299. The number of rotatable bonds is 7. The van der Waals surface area contributed by atoms with E-state index in [-0.39, 0.29) is 5.91 Å². The van der Waals surface area contributed by atoms with Gasteiger partial charge in [0.25, 0.3) is 5.91 Å². The summed E-state index contributed by atoms with van der Waals surface area (Å²) in [6.45, 7) is 5.10. The number of benzene rings is 1. The highest BCUT2D eigenvalue weighted by molar-refractivity contribution is 7.99. The van der Waals surface area contributed by atoms with Gasteiger partial charge >= 0.3 is 0 Å². The number of thioether (sulfide) groups is 1. The Balaban J connectivity index is 2.58. The normalized spacial score (nSPS) is 10.2. The van der Waals surface area contributed by atoms with E-state index in [1.165, 1.54) is 11.5 Å². The zero-order chi connectivity index (χ0) is 13.4. The van der Waals surface area contributed by atoms with E-state index in [1.54, 1.807) is 7.05 Å². The molecule has 0 atom stereocenters. The first-order valence-electron chi connectivity index (χ1n) is 6.34. The quantitative estimate of drug-likeness (QED) is 0.746. The Morgan fingerprint density at radius 1 is 1.39 bits per heavy atom. The van der Waals surface area contributed by atoms with Crippen LogP contribution in [0.3, 0.4) is 0 Å². The van der Waals surface area contributed by atoms with Gasteiger partial charge in [0, 0.05) is 24.8 Å². The van der Waals surface area contributed by atoms with Crippen LogP contribution in [0.4, 0.5) is 5.69 Å². The fraction of sp³-hybridized carbons (Fsp3) is 0.500. The van der Waals surface area contributed by atoms with E-state index < -0.39 is 0 Å². The number of hydrogen-bond donors (Lipinski definition) is 2. The number of nitrogens with one attached hydrogen (secondary N) is 2. The van der Waals surface area contributed by atoms with Crippen molar-refractivity contribution in [1.29, 1.82) is 0 Å². The van der Waals surface area contributed by atoms with E-state index in [4.69, 9.17) is 0 Å². The van der Waals surface area contributed by atoms with Gasteiger partial charge in [-0.05, 0) is 42.5 Å². The molecule has 0 aliphatic carbocycles. The van der Waals surface area contributed by atoms with Gasteiger partial charge in [-0.3, -0.25) is 4.79 Å². The van der Waals surface area contributed by atoms with Crippen LogP contribution >= 0.6 is 11.8 Å². The molecule has 0 aromatic heterocycles. The second-order valence-corrected chi connectivity index (χ2v) is 5.43.